The van der Waals surface area contributed by atoms with Crippen LogP contribution in [0.4, 0.5) is 0 Å². The molecule has 2 aromatic heterocycles. The first kappa shape index (κ1) is 16.9. The van der Waals surface area contributed by atoms with Gasteiger partial charge in [0, 0.05) is 52.5 Å². The zero-order chi connectivity index (χ0) is 16.9. The number of aliphatic hydroxyl groups excluding tert-OH is 1. The van der Waals surface area contributed by atoms with E-state index in [1.165, 1.54) is 0 Å². The molecular weight excluding hydrogens is 306 g/mol. The van der Waals surface area contributed by atoms with Crippen LogP contribution in [-0.2, 0) is 13.6 Å². The van der Waals surface area contributed by atoms with Crippen molar-refractivity contribution in [3.8, 4) is 11.6 Å². The Kier molecular flexibility index (Phi) is 5.44. The second-order valence-corrected chi connectivity index (χ2v) is 6.12. The van der Waals surface area contributed by atoms with Crippen molar-refractivity contribution in [1.29, 1.82) is 0 Å². The van der Waals surface area contributed by atoms with Gasteiger partial charge in [0.05, 0.1) is 24.1 Å². The van der Waals surface area contributed by atoms with Gasteiger partial charge in [-0.25, -0.2) is 4.68 Å². The van der Waals surface area contributed by atoms with E-state index in [1.54, 1.807) is 17.1 Å². The molecule has 3 heterocycles. The highest BCUT2D eigenvalue weighted by atomic mass is 16.5. The summed E-state index contributed by atoms with van der Waals surface area (Å²) in [7, 11) is 1.90. The minimum atomic E-state index is 0.227. The molecule has 0 bridgehead atoms. The van der Waals surface area contributed by atoms with Crippen LogP contribution in [-0.4, -0.2) is 69.0 Å². The number of aliphatic hydroxyl groups is 1. The molecule has 0 atom stereocenters. The fourth-order valence-corrected chi connectivity index (χ4v) is 3.05. The summed E-state index contributed by atoms with van der Waals surface area (Å²) in [6.45, 7) is 7.77. The Morgan fingerprint density at radius 1 is 1.21 bits per heavy atom. The van der Waals surface area contributed by atoms with Crippen molar-refractivity contribution in [1.82, 2.24) is 24.6 Å². The Hall–Kier alpha value is -1.96. The number of rotatable bonds is 6. The lowest BCUT2D eigenvalue weighted by atomic mass is 10.2. The number of piperazine rings is 1. The van der Waals surface area contributed by atoms with Gasteiger partial charge in [-0.1, -0.05) is 0 Å². The Bertz CT molecular complexity index is 651. The quantitative estimate of drug-likeness (QED) is 0.853. The van der Waals surface area contributed by atoms with Crippen molar-refractivity contribution in [2.24, 2.45) is 7.05 Å². The molecule has 1 aliphatic heterocycles. The smallest absolute Gasteiger partial charge is 0.222 e. The molecule has 3 rings (SSSR count). The first-order valence-corrected chi connectivity index (χ1v) is 8.33. The Morgan fingerprint density at radius 2 is 1.96 bits per heavy atom. The van der Waals surface area contributed by atoms with Crippen molar-refractivity contribution in [3.63, 3.8) is 0 Å². The molecule has 0 spiro atoms. The largest absolute Gasteiger partial charge is 0.437 e. The lowest BCUT2D eigenvalue weighted by molar-refractivity contribution is 0.108. The van der Waals surface area contributed by atoms with Gasteiger partial charge in [0.2, 0.25) is 5.88 Å². The van der Waals surface area contributed by atoms with E-state index in [-0.39, 0.29) is 6.61 Å². The first-order chi connectivity index (χ1) is 11.7. The lowest BCUT2D eigenvalue weighted by Gasteiger charge is -2.34. The molecule has 1 saturated heterocycles. The topological polar surface area (TPSA) is 66.7 Å². The predicted molar refractivity (Wildman–Crippen MR) is 91.1 cm³/mol. The van der Waals surface area contributed by atoms with Crippen LogP contribution in [0, 0.1) is 6.92 Å². The van der Waals surface area contributed by atoms with Gasteiger partial charge in [-0.3, -0.25) is 14.8 Å². The number of aromatic nitrogens is 3. The molecule has 0 aliphatic carbocycles. The van der Waals surface area contributed by atoms with Crippen molar-refractivity contribution in [2.75, 3.05) is 39.3 Å². The van der Waals surface area contributed by atoms with Gasteiger partial charge in [0.25, 0.3) is 0 Å². The van der Waals surface area contributed by atoms with Gasteiger partial charge in [-0.05, 0) is 19.1 Å². The summed E-state index contributed by atoms with van der Waals surface area (Å²) in [6.07, 6.45) is 3.44. The van der Waals surface area contributed by atoms with Crippen LogP contribution in [0.1, 0.15) is 11.3 Å². The standard InChI is InChI=1S/C17H25N5O2/c1-14-16(13-22-8-6-21(7-9-22)10-11-23)17(20(2)19-14)24-15-4-3-5-18-12-15/h3-5,12,23H,6-11,13H2,1-2H3. The number of aryl methyl sites for hydroxylation is 2. The maximum atomic E-state index is 9.05. The normalized spacial score (nSPS) is 16.5. The van der Waals surface area contributed by atoms with Crippen LogP contribution in [0.15, 0.2) is 24.5 Å². The molecule has 0 amide bonds. The van der Waals surface area contributed by atoms with Gasteiger partial charge in [-0.2, -0.15) is 5.10 Å². The van der Waals surface area contributed by atoms with E-state index in [1.807, 2.05) is 26.1 Å². The van der Waals surface area contributed by atoms with E-state index in [9.17, 15) is 0 Å². The average molecular weight is 331 g/mol. The third-order valence-electron chi connectivity index (χ3n) is 4.40. The molecule has 1 fully saturated rings. The van der Waals surface area contributed by atoms with E-state index < -0.39 is 0 Å². The van der Waals surface area contributed by atoms with E-state index in [0.29, 0.717) is 0 Å². The Labute approximate surface area is 142 Å². The number of hydrogen-bond acceptors (Lipinski definition) is 6. The van der Waals surface area contributed by atoms with Crippen LogP contribution in [0.25, 0.3) is 0 Å². The maximum absolute atomic E-state index is 9.05. The first-order valence-electron chi connectivity index (χ1n) is 8.33. The van der Waals surface area contributed by atoms with Gasteiger partial charge < -0.3 is 9.84 Å². The van der Waals surface area contributed by atoms with E-state index in [0.717, 1.165) is 62.2 Å². The highest BCUT2D eigenvalue weighted by Crippen LogP contribution is 2.28. The van der Waals surface area contributed by atoms with Gasteiger partial charge >= 0.3 is 0 Å². The minimum Gasteiger partial charge on any atom is -0.437 e. The molecule has 0 aromatic carbocycles. The molecule has 0 saturated carbocycles. The molecule has 130 valence electrons. The van der Waals surface area contributed by atoms with E-state index in [4.69, 9.17) is 9.84 Å². The molecule has 0 radical (unpaired) electrons. The van der Waals surface area contributed by atoms with Crippen molar-refractivity contribution >= 4 is 0 Å². The van der Waals surface area contributed by atoms with Crippen LogP contribution < -0.4 is 4.74 Å². The molecule has 24 heavy (non-hydrogen) atoms. The highest BCUT2D eigenvalue weighted by molar-refractivity contribution is 5.34. The number of nitrogens with zero attached hydrogens (tertiary/aromatic N) is 5. The predicted octanol–water partition coefficient (Wildman–Crippen LogP) is 1.03. The summed E-state index contributed by atoms with van der Waals surface area (Å²) in [5.74, 6) is 1.49. The van der Waals surface area contributed by atoms with E-state index in [2.05, 4.69) is 19.9 Å². The number of pyridine rings is 1. The molecule has 7 nitrogen and oxygen atoms in total. The molecular formula is C17H25N5O2. The summed E-state index contributed by atoms with van der Waals surface area (Å²) in [5.41, 5.74) is 2.12. The van der Waals surface area contributed by atoms with Gasteiger partial charge in [0.15, 0.2) is 0 Å². The minimum absolute atomic E-state index is 0.227. The van der Waals surface area contributed by atoms with Crippen LogP contribution in [0.5, 0.6) is 11.6 Å². The molecule has 1 N–H and O–H groups in total. The van der Waals surface area contributed by atoms with Gasteiger partial charge in [-0.15, -0.1) is 0 Å². The Balaban J connectivity index is 1.70. The molecule has 0 unspecified atom stereocenters. The highest BCUT2D eigenvalue weighted by Gasteiger charge is 2.22. The summed E-state index contributed by atoms with van der Waals surface area (Å²) >= 11 is 0. The summed E-state index contributed by atoms with van der Waals surface area (Å²) in [6, 6.07) is 3.76. The SMILES string of the molecule is Cc1nn(C)c(Oc2cccnc2)c1CN1CCN(CCO)CC1. The second kappa shape index (κ2) is 7.74. The van der Waals surface area contributed by atoms with Crippen LogP contribution in [0.3, 0.4) is 0 Å². The zero-order valence-corrected chi connectivity index (χ0v) is 14.4. The second-order valence-electron chi connectivity index (χ2n) is 6.12. The molecule has 7 heteroatoms. The summed E-state index contributed by atoms with van der Waals surface area (Å²) in [5, 5.41) is 13.6. The summed E-state index contributed by atoms with van der Waals surface area (Å²) in [4.78, 5) is 8.80. The van der Waals surface area contributed by atoms with Crippen molar-refractivity contribution in [3.05, 3.63) is 35.8 Å². The fourth-order valence-electron chi connectivity index (χ4n) is 3.05. The third-order valence-corrected chi connectivity index (χ3v) is 4.40. The molecule has 2 aromatic rings. The number of ether oxygens (including phenoxy) is 1. The van der Waals surface area contributed by atoms with Crippen molar-refractivity contribution < 1.29 is 9.84 Å². The third kappa shape index (κ3) is 3.92. The van der Waals surface area contributed by atoms with Crippen LogP contribution >= 0.6 is 0 Å². The number of β-amino-alcohol motifs (C(OH)–C–C–N with tert-alkyl or cyclic N) is 1. The van der Waals surface area contributed by atoms with E-state index >= 15 is 0 Å². The lowest BCUT2D eigenvalue weighted by Crippen LogP contribution is -2.46. The number of hydrogen-bond donors (Lipinski definition) is 1. The van der Waals surface area contributed by atoms with Crippen LogP contribution in [0.2, 0.25) is 0 Å². The van der Waals surface area contributed by atoms with Gasteiger partial charge in [0.1, 0.15) is 5.75 Å². The van der Waals surface area contributed by atoms with Crippen molar-refractivity contribution in [2.45, 2.75) is 13.5 Å². The maximum Gasteiger partial charge on any atom is 0.222 e. The fraction of sp³-hybridized carbons (Fsp3) is 0.529. The molecule has 1 aliphatic rings. The average Bonchev–Trinajstić information content (AvgIpc) is 2.85. The zero-order valence-electron chi connectivity index (χ0n) is 14.4. The Morgan fingerprint density at radius 3 is 2.62 bits per heavy atom. The summed E-state index contributed by atoms with van der Waals surface area (Å²) < 4.78 is 7.82. The monoisotopic (exact) mass is 331 g/mol.